The number of β-lactam (4-membered cyclic amide) rings is 1. The molecule has 0 spiro atoms. The van der Waals surface area contributed by atoms with Crippen molar-refractivity contribution in [3.63, 3.8) is 0 Å². The van der Waals surface area contributed by atoms with E-state index in [4.69, 9.17) is 10.5 Å². The maximum Gasteiger partial charge on any atom is 0.327 e. The smallest absolute Gasteiger partial charge is 0.327 e. The average molecular weight is 302 g/mol. The Morgan fingerprint density at radius 2 is 2.10 bits per heavy atom. The van der Waals surface area contributed by atoms with E-state index < -0.39 is 39.5 Å². The second-order valence-electron chi connectivity index (χ2n) is 5.55. The second kappa shape index (κ2) is 4.63. The van der Waals surface area contributed by atoms with Gasteiger partial charge in [0.1, 0.15) is 17.0 Å². The summed E-state index contributed by atoms with van der Waals surface area (Å²) >= 11 is 1.32. The molecule has 3 N–H and O–H groups in total. The van der Waals surface area contributed by atoms with Gasteiger partial charge >= 0.3 is 11.9 Å². The third-order valence-corrected chi connectivity index (χ3v) is 5.36. The third kappa shape index (κ3) is 1.98. The molecule has 0 radical (unpaired) electrons. The highest BCUT2D eigenvalue weighted by atomic mass is 32.2. The Labute approximate surface area is 120 Å². The van der Waals surface area contributed by atoms with E-state index in [0.717, 1.165) is 0 Å². The summed E-state index contributed by atoms with van der Waals surface area (Å²) in [6, 6.07) is -0.927. The number of carbonyl (C=O) groups excluding carboxylic acids is 2. The van der Waals surface area contributed by atoms with E-state index in [2.05, 4.69) is 0 Å². The average Bonchev–Trinajstić information content (AvgIpc) is 2.59. The number of esters is 1. The maximum atomic E-state index is 12.2. The first-order valence-electron chi connectivity index (χ1n) is 6.33. The van der Waals surface area contributed by atoms with Crippen LogP contribution in [-0.4, -0.2) is 56.2 Å². The minimum atomic E-state index is -1.36. The number of rotatable bonds is 4. The fourth-order valence-corrected chi connectivity index (χ4v) is 4.41. The summed E-state index contributed by atoms with van der Waals surface area (Å²) < 4.78 is 4.17. The van der Waals surface area contributed by atoms with Gasteiger partial charge in [0.15, 0.2) is 0 Å². The largest absolute Gasteiger partial charge is 0.480 e. The number of ether oxygens (including phenoxy) is 1. The van der Waals surface area contributed by atoms with Crippen LogP contribution in [0.4, 0.5) is 0 Å². The molecule has 2 saturated heterocycles. The number of carboxylic acids is 1. The number of carboxylic acid groups (broad SMARTS) is 1. The van der Waals surface area contributed by atoms with Crippen LogP contribution in [-0.2, 0) is 19.1 Å². The summed E-state index contributed by atoms with van der Waals surface area (Å²) in [6.07, 6.45) is -0.226. The topological polar surface area (TPSA) is 110 Å². The van der Waals surface area contributed by atoms with Crippen LogP contribution in [0.25, 0.3) is 0 Å². The molecule has 0 bridgehead atoms. The highest BCUT2D eigenvalue weighted by Crippen LogP contribution is 2.54. The monoisotopic (exact) mass is 302 g/mol. The molecular formula is C12H18N2O5S. The molecule has 8 heteroatoms. The quantitative estimate of drug-likeness (QED) is 0.546. The normalized spacial score (nSPS) is 34.4. The van der Waals surface area contributed by atoms with E-state index in [1.165, 1.54) is 16.7 Å². The van der Waals surface area contributed by atoms with Crippen molar-refractivity contribution in [3.05, 3.63) is 0 Å². The Bertz CT molecular complexity index is 480. The van der Waals surface area contributed by atoms with Crippen LogP contribution in [0.15, 0.2) is 0 Å². The molecule has 0 aromatic rings. The van der Waals surface area contributed by atoms with Crippen LogP contribution in [0.3, 0.4) is 0 Å². The molecule has 0 aliphatic carbocycles. The Balaban J connectivity index is 2.21. The Morgan fingerprint density at radius 1 is 1.50 bits per heavy atom. The molecule has 2 aliphatic heterocycles. The Hall–Kier alpha value is -1.28. The Morgan fingerprint density at radius 3 is 2.60 bits per heavy atom. The van der Waals surface area contributed by atoms with Gasteiger partial charge in [-0.3, -0.25) is 9.59 Å². The van der Waals surface area contributed by atoms with Crippen molar-refractivity contribution in [3.8, 4) is 0 Å². The molecule has 2 fully saturated rings. The van der Waals surface area contributed by atoms with Gasteiger partial charge in [-0.25, -0.2) is 4.79 Å². The van der Waals surface area contributed by atoms with Crippen molar-refractivity contribution in [1.29, 1.82) is 0 Å². The predicted octanol–water partition coefficient (Wildman–Crippen LogP) is -0.216. The van der Waals surface area contributed by atoms with Crippen molar-refractivity contribution in [1.82, 2.24) is 4.90 Å². The molecule has 0 unspecified atom stereocenters. The van der Waals surface area contributed by atoms with Gasteiger partial charge in [-0.15, -0.1) is 11.8 Å². The number of hydrogen-bond acceptors (Lipinski definition) is 6. The van der Waals surface area contributed by atoms with Crippen LogP contribution in [0.1, 0.15) is 27.2 Å². The van der Waals surface area contributed by atoms with E-state index in [1.54, 1.807) is 20.8 Å². The number of amides is 1. The molecule has 112 valence electrons. The van der Waals surface area contributed by atoms with Gasteiger partial charge in [-0.1, -0.05) is 0 Å². The van der Waals surface area contributed by atoms with Gasteiger partial charge in [0.2, 0.25) is 5.91 Å². The summed E-state index contributed by atoms with van der Waals surface area (Å²) in [7, 11) is 0. The van der Waals surface area contributed by atoms with Gasteiger partial charge < -0.3 is 20.5 Å². The zero-order valence-electron chi connectivity index (χ0n) is 11.6. The van der Waals surface area contributed by atoms with Crippen LogP contribution >= 0.6 is 11.8 Å². The van der Waals surface area contributed by atoms with Crippen LogP contribution < -0.4 is 5.73 Å². The van der Waals surface area contributed by atoms with Gasteiger partial charge in [-0.05, 0) is 20.8 Å². The zero-order chi connectivity index (χ0) is 15.3. The molecule has 0 saturated carbocycles. The molecule has 1 amide bonds. The van der Waals surface area contributed by atoms with Gasteiger partial charge in [0, 0.05) is 4.75 Å². The van der Waals surface area contributed by atoms with Crippen molar-refractivity contribution in [2.24, 2.45) is 5.73 Å². The number of aliphatic carboxylic acids is 1. The number of thioether (sulfide) groups is 1. The number of nitrogens with zero attached hydrogens (tertiary/aromatic N) is 1. The lowest BCUT2D eigenvalue weighted by molar-refractivity contribution is -0.169. The third-order valence-electron chi connectivity index (χ3n) is 3.65. The van der Waals surface area contributed by atoms with Crippen molar-refractivity contribution >= 4 is 29.6 Å². The maximum absolute atomic E-state index is 12.2. The lowest BCUT2D eigenvalue weighted by atomic mass is 9.83. The first kappa shape index (κ1) is 15.1. The van der Waals surface area contributed by atoms with E-state index >= 15 is 0 Å². The van der Waals surface area contributed by atoms with Gasteiger partial charge in [0.05, 0.1) is 13.0 Å². The summed E-state index contributed by atoms with van der Waals surface area (Å²) in [6.45, 7) is 5.40. The molecule has 3 atom stereocenters. The lowest BCUT2D eigenvalue weighted by Gasteiger charge is -2.50. The Kier molecular flexibility index (Phi) is 3.50. The standard InChI is InChI=1S/C12H18N2O5S/c1-4-19-6(15)5-12(13)9(18)14-7(8(16)17)11(2,3)20-10(12)14/h7,10H,4-5,13H2,1-3H3,(H,16,17)/t7-,10+,12-/m0/s1. The van der Waals surface area contributed by atoms with E-state index in [9.17, 15) is 19.5 Å². The first-order chi connectivity index (χ1) is 9.15. The molecule has 0 aromatic carbocycles. The highest BCUT2D eigenvalue weighted by molar-refractivity contribution is 8.01. The molecule has 7 nitrogen and oxygen atoms in total. The molecular weight excluding hydrogens is 284 g/mol. The summed E-state index contributed by atoms with van der Waals surface area (Å²) in [5, 5.41) is 8.78. The minimum absolute atomic E-state index is 0.216. The van der Waals surface area contributed by atoms with E-state index in [1.807, 2.05) is 0 Å². The van der Waals surface area contributed by atoms with E-state index in [-0.39, 0.29) is 13.0 Å². The molecule has 20 heavy (non-hydrogen) atoms. The molecule has 0 aromatic heterocycles. The molecule has 2 heterocycles. The fourth-order valence-electron chi connectivity index (χ4n) is 2.77. The fraction of sp³-hybridized carbons (Fsp3) is 0.750. The second-order valence-corrected chi connectivity index (χ2v) is 7.28. The number of fused-ring (bicyclic) bond motifs is 1. The highest BCUT2D eigenvalue weighted by Gasteiger charge is 2.70. The molecule has 2 rings (SSSR count). The van der Waals surface area contributed by atoms with Gasteiger partial charge in [-0.2, -0.15) is 0 Å². The predicted molar refractivity (Wildman–Crippen MR) is 71.9 cm³/mol. The molecule has 2 aliphatic rings. The SMILES string of the molecule is CCOC(=O)C[C@]1(N)C(=O)N2[C@@H](C(=O)O)C(C)(C)S[C@@H]21. The summed E-state index contributed by atoms with van der Waals surface area (Å²) in [4.78, 5) is 36.4. The van der Waals surface area contributed by atoms with E-state index in [0.29, 0.717) is 0 Å². The van der Waals surface area contributed by atoms with Crippen LogP contribution in [0.5, 0.6) is 0 Å². The number of nitrogens with two attached hydrogens (primary N) is 1. The van der Waals surface area contributed by atoms with Crippen molar-refractivity contribution in [2.75, 3.05) is 6.61 Å². The van der Waals surface area contributed by atoms with Crippen molar-refractivity contribution < 1.29 is 24.2 Å². The number of hydrogen-bond donors (Lipinski definition) is 2. The minimum Gasteiger partial charge on any atom is -0.480 e. The first-order valence-corrected chi connectivity index (χ1v) is 7.21. The summed E-state index contributed by atoms with van der Waals surface area (Å²) in [5.74, 6) is -2.10. The number of carbonyl (C=O) groups is 3. The summed E-state index contributed by atoms with van der Waals surface area (Å²) in [5.41, 5.74) is 4.68. The zero-order valence-corrected chi connectivity index (χ0v) is 12.4. The lowest BCUT2D eigenvalue weighted by Crippen LogP contribution is -2.78. The van der Waals surface area contributed by atoms with Crippen molar-refractivity contribution in [2.45, 2.75) is 48.9 Å². The van der Waals surface area contributed by atoms with Crippen LogP contribution in [0.2, 0.25) is 0 Å². The van der Waals surface area contributed by atoms with Crippen LogP contribution in [0, 0.1) is 0 Å². The van der Waals surface area contributed by atoms with Gasteiger partial charge in [0.25, 0.3) is 0 Å².